The molecule has 20 heavy (non-hydrogen) atoms. The second-order valence-corrected chi connectivity index (χ2v) is 6.13. The molecule has 2 aromatic rings. The van der Waals surface area contributed by atoms with Gasteiger partial charge in [0.05, 0.1) is 6.04 Å². The van der Waals surface area contributed by atoms with Crippen molar-refractivity contribution in [2.45, 2.75) is 13.0 Å². The average molecular weight is 405 g/mol. The molecule has 0 spiro atoms. The molecular weight excluding hydrogens is 392 g/mol. The van der Waals surface area contributed by atoms with Crippen molar-refractivity contribution < 1.29 is 8.78 Å². The Bertz CT molecular complexity index is 597. The van der Waals surface area contributed by atoms with Gasteiger partial charge >= 0.3 is 0 Å². The number of rotatable bonds is 4. The van der Waals surface area contributed by atoms with Crippen LogP contribution in [0.2, 0.25) is 0 Å². The molecule has 0 saturated carbocycles. The molecule has 0 aliphatic heterocycles. The summed E-state index contributed by atoms with van der Waals surface area (Å²) in [5.74, 6) is -1.15. The lowest BCUT2D eigenvalue weighted by Gasteiger charge is -2.21. The summed E-state index contributed by atoms with van der Waals surface area (Å²) >= 11 is 6.91. The lowest BCUT2D eigenvalue weighted by molar-refractivity contribution is 0.565. The molecule has 5 heteroatoms. The van der Waals surface area contributed by atoms with E-state index in [1.165, 1.54) is 12.1 Å². The standard InChI is InChI=1S/C15H13Br2F2N/c1-2-20-15(9-5-11(18)8-12(19)6-9)13-7-10(16)3-4-14(13)17/h3-8,15,20H,2H2,1H3. The van der Waals surface area contributed by atoms with Gasteiger partial charge in [-0.25, -0.2) is 8.78 Å². The van der Waals surface area contributed by atoms with Gasteiger partial charge in [-0.15, -0.1) is 0 Å². The van der Waals surface area contributed by atoms with E-state index in [0.717, 1.165) is 20.6 Å². The van der Waals surface area contributed by atoms with E-state index < -0.39 is 11.6 Å². The van der Waals surface area contributed by atoms with Crippen molar-refractivity contribution in [1.82, 2.24) is 5.32 Å². The summed E-state index contributed by atoms with van der Waals surface area (Å²) in [5.41, 5.74) is 1.48. The van der Waals surface area contributed by atoms with E-state index >= 15 is 0 Å². The van der Waals surface area contributed by atoms with Gasteiger partial charge in [0.25, 0.3) is 0 Å². The van der Waals surface area contributed by atoms with E-state index in [1.807, 2.05) is 25.1 Å². The molecule has 0 heterocycles. The summed E-state index contributed by atoms with van der Waals surface area (Å²) in [5, 5.41) is 3.25. The Kier molecular flexibility index (Phi) is 5.29. The number of hydrogen-bond donors (Lipinski definition) is 1. The van der Waals surface area contributed by atoms with E-state index in [9.17, 15) is 8.78 Å². The van der Waals surface area contributed by atoms with Crippen LogP contribution in [0.15, 0.2) is 45.3 Å². The van der Waals surface area contributed by atoms with E-state index in [0.29, 0.717) is 12.1 Å². The molecule has 0 amide bonds. The van der Waals surface area contributed by atoms with Gasteiger partial charge in [-0.05, 0) is 48.0 Å². The van der Waals surface area contributed by atoms with Crippen LogP contribution in [0.4, 0.5) is 8.78 Å². The van der Waals surface area contributed by atoms with Gasteiger partial charge in [0.15, 0.2) is 0 Å². The zero-order valence-electron chi connectivity index (χ0n) is 10.8. The normalized spacial score (nSPS) is 12.4. The Morgan fingerprint density at radius 3 is 2.30 bits per heavy atom. The van der Waals surface area contributed by atoms with Crippen LogP contribution in [0.5, 0.6) is 0 Å². The van der Waals surface area contributed by atoms with Gasteiger partial charge in [-0.1, -0.05) is 38.8 Å². The van der Waals surface area contributed by atoms with Gasteiger partial charge in [0, 0.05) is 15.0 Å². The van der Waals surface area contributed by atoms with Crippen molar-refractivity contribution in [3.8, 4) is 0 Å². The van der Waals surface area contributed by atoms with Crippen LogP contribution >= 0.6 is 31.9 Å². The quantitative estimate of drug-likeness (QED) is 0.739. The Balaban J connectivity index is 2.52. The predicted molar refractivity (Wildman–Crippen MR) is 83.7 cm³/mol. The summed E-state index contributed by atoms with van der Waals surface area (Å²) in [6.07, 6.45) is 0. The minimum Gasteiger partial charge on any atom is -0.306 e. The summed E-state index contributed by atoms with van der Waals surface area (Å²) in [4.78, 5) is 0. The predicted octanol–water partition coefficient (Wildman–Crippen LogP) is 5.19. The van der Waals surface area contributed by atoms with E-state index in [-0.39, 0.29) is 6.04 Å². The van der Waals surface area contributed by atoms with Crippen LogP contribution in [-0.4, -0.2) is 6.54 Å². The van der Waals surface area contributed by atoms with E-state index in [4.69, 9.17) is 0 Å². The maximum Gasteiger partial charge on any atom is 0.126 e. The highest BCUT2D eigenvalue weighted by molar-refractivity contribution is 9.11. The lowest BCUT2D eigenvalue weighted by atomic mass is 9.98. The van der Waals surface area contributed by atoms with Crippen LogP contribution in [0, 0.1) is 11.6 Å². The zero-order valence-corrected chi connectivity index (χ0v) is 13.9. The molecule has 1 unspecified atom stereocenters. The SMILES string of the molecule is CCNC(c1cc(F)cc(F)c1)c1cc(Br)ccc1Br. The molecule has 1 N–H and O–H groups in total. The molecule has 0 aliphatic carbocycles. The molecule has 0 bridgehead atoms. The molecule has 1 atom stereocenters. The van der Waals surface area contributed by atoms with Gasteiger partial charge in [0.1, 0.15) is 11.6 Å². The highest BCUT2D eigenvalue weighted by Gasteiger charge is 2.18. The zero-order chi connectivity index (χ0) is 14.7. The number of halogens is 4. The average Bonchev–Trinajstić information content (AvgIpc) is 2.38. The Morgan fingerprint density at radius 1 is 1.05 bits per heavy atom. The van der Waals surface area contributed by atoms with Crippen LogP contribution in [-0.2, 0) is 0 Å². The van der Waals surface area contributed by atoms with Crippen molar-refractivity contribution in [2.75, 3.05) is 6.54 Å². The van der Waals surface area contributed by atoms with Gasteiger partial charge in [-0.3, -0.25) is 0 Å². The lowest BCUT2D eigenvalue weighted by Crippen LogP contribution is -2.22. The third kappa shape index (κ3) is 3.65. The minimum atomic E-state index is -0.575. The number of hydrogen-bond acceptors (Lipinski definition) is 1. The van der Waals surface area contributed by atoms with Crippen molar-refractivity contribution in [2.24, 2.45) is 0 Å². The van der Waals surface area contributed by atoms with Crippen molar-refractivity contribution in [3.05, 3.63) is 68.1 Å². The second kappa shape index (κ2) is 6.78. The van der Waals surface area contributed by atoms with Crippen LogP contribution in [0.3, 0.4) is 0 Å². The molecule has 2 rings (SSSR count). The summed E-state index contributed by atoms with van der Waals surface area (Å²) in [6.45, 7) is 2.64. The smallest absolute Gasteiger partial charge is 0.126 e. The first-order valence-corrected chi connectivity index (χ1v) is 7.74. The number of benzene rings is 2. The molecule has 0 fully saturated rings. The number of nitrogens with one attached hydrogen (secondary N) is 1. The molecule has 0 saturated heterocycles. The maximum atomic E-state index is 13.4. The fourth-order valence-corrected chi connectivity index (χ4v) is 2.94. The molecule has 1 nitrogen and oxygen atoms in total. The first kappa shape index (κ1) is 15.6. The van der Waals surface area contributed by atoms with Crippen LogP contribution in [0.25, 0.3) is 0 Å². The van der Waals surface area contributed by atoms with Gasteiger partial charge < -0.3 is 5.32 Å². The van der Waals surface area contributed by atoms with Crippen molar-refractivity contribution in [3.63, 3.8) is 0 Å². The van der Waals surface area contributed by atoms with Gasteiger partial charge in [-0.2, -0.15) is 0 Å². The minimum absolute atomic E-state index is 0.280. The fraction of sp³-hybridized carbons (Fsp3) is 0.200. The summed E-state index contributed by atoms with van der Waals surface area (Å²) in [7, 11) is 0. The topological polar surface area (TPSA) is 12.0 Å². The maximum absolute atomic E-state index is 13.4. The van der Waals surface area contributed by atoms with Crippen LogP contribution in [0.1, 0.15) is 24.1 Å². The second-order valence-electron chi connectivity index (χ2n) is 4.36. The fourth-order valence-electron chi connectivity index (χ4n) is 2.09. The highest BCUT2D eigenvalue weighted by Crippen LogP contribution is 2.31. The molecule has 106 valence electrons. The van der Waals surface area contributed by atoms with E-state index in [2.05, 4.69) is 37.2 Å². The third-order valence-corrected chi connectivity index (χ3v) is 4.11. The Morgan fingerprint density at radius 2 is 1.70 bits per heavy atom. The summed E-state index contributed by atoms with van der Waals surface area (Å²) < 4.78 is 28.7. The first-order valence-electron chi connectivity index (χ1n) is 6.15. The molecular formula is C15H13Br2F2N. The molecule has 0 radical (unpaired) electrons. The Labute approximate surface area is 133 Å². The van der Waals surface area contributed by atoms with Crippen molar-refractivity contribution in [1.29, 1.82) is 0 Å². The monoisotopic (exact) mass is 403 g/mol. The molecule has 2 aromatic carbocycles. The highest BCUT2D eigenvalue weighted by atomic mass is 79.9. The van der Waals surface area contributed by atoms with Gasteiger partial charge in [0.2, 0.25) is 0 Å². The molecule has 0 aliphatic rings. The van der Waals surface area contributed by atoms with Crippen molar-refractivity contribution >= 4 is 31.9 Å². The largest absolute Gasteiger partial charge is 0.306 e. The first-order chi connectivity index (χ1) is 9.51. The van der Waals surface area contributed by atoms with Crippen LogP contribution < -0.4 is 5.32 Å². The third-order valence-electron chi connectivity index (χ3n) is 2.90. The summed E-state index contributed by atoms with van der Waals surface area (Å²) in [6, 6.07) is 9.04. The molecule has 0 aromatic heterocycles. The van der Waals surface area contributed by atoms with E-state index in [1.54, 1.807) is 0 Å². The Hall–Kier alpha value is -0.780.